The summed E-state index contributed by atoms with van der Waals surface area (Å²) < 4.78 is 7.76. The molecule has 0 aliphatic carbocycles. The highest BCUT2D eigenvalue weighted by atomic mass is 32.2. The maximum absolute atomic E-state index is 12.7. The van der Waals surface area contributed by atoms with E-state index in [2.05, 4.69) is 26.6 Å². The number of aryl methyl sites for hydroxylation is 1. The van der Waals surface area contributed by atoms with Crippen molar-refractivity contribution in [2.45, 2.75) is 51.4 Å². The van der Waals surface area contributed by atoms with Gasteiger partial charge in [0.05, 0.1) is 24.0 Å². The van der Waals surface area contributed by atoms with E-state index in [1.807, 2.05) is 49.6 Å². The average molecular weight is 451 g/mol. The lowest BCUT2D eigenvalue weighted by Gasteiger charge is -2.16. The normalized spacial score (nSPS) is 15.6. The van der Waals surface area contributed by atoms with E-state index in [-0.39, 0.29) is 17.8 Å². The predicted molar refractivity (Wildman–Crippen MR) is 124 cm³/mol. The van der Waals surface area contributed by atoms with Gasteiger partial charge in [0.1, 0.15) is 11.9 Å². The number of ether oxygens (including phenoxy) is 1. The van der Waals surface area contributed by atoms with Gasteiger partial charge in [0.25, 0.3) is 0 Å². The standard InChI is InChI=1S/C23H26N6O2S/c1-14-6-8-17(9-7-14)21-26-23(28-27-21)32-13-20(30)25-22-19(11-24)15(2)16(3)29(22)12-18-5-4-10-31-18/h6-9,18H,4-5,10,12-13H2,1-3H3,(H,25,30)(H,26,27,28). The van der Waals surface area contributed by atoms with E-state index in [0.29, 0.717) is 28.9 Å². The molecule has 3 aromatic rings. The molecule has 4 rings (SSSR count). The third-order valence-electron chi connectivity index (χ3n) is 5.73. The number of aromatic nitrogens is 4. The first-order valence-corrected chi connectivity index (χ1v) is 11.6. The van der Waals surface area contributed by atoms with E-state index >= 15 is 0 Å². The zero-order valence-electron chi connectivity index (χ0n) is 18.4. The number of nitrogens with zero attached hydrogens (tertiary/aromatic N) is 4. The molecular weight excluding hydrogens is 424 g/mol. The van der Waals surface area contributed by atoms with Crippen LogP contribution in [0.2, 0.25) is 0 Å². The molecule has 1 fully saturated rings. The minimum Gasteiger partial charge on any atom is -0.376 e. The molecule has 0 radical (unpaired) electrons. The molecule has 1 atom stereocenters. The number of hydrogen-bond donors (Lipinski definition) is 2. The van der Waals surface area contributed by atoms with Crippen LogP contribution in [-0.2, 0) is 16.1 Å². The predicted octanol–water partition coefficient (Wildman–Crippen LogP) is 3.98. The Hall–Kier alpha value is -3.09. The first-order chi connectivity index (χ1) is 15.5. The first kappa shape index (κ1) is 22.1. The van der Waals surface area contributed by atoms with Crippen LogP contribution in [0.5, 0.6) is 0 Å². The number of nitriles is 1. The lowest BCUT2D eigenvalue weighted by Crippen LogP contribution is -2.22. The van der Waals surface area contributed by atoms with E-state index in [1.54, 1.807) is 0 Å². The third-order valence-corrected chi connectivity index (χ3v) is 6.58. The second kappa shape index (κ2) is 9.59. The Morgan fingerprint density at radius 1 is 1.34 bits per heavy atom. The number of thioether (sulfide) groups is 1. The molecule has 166 valence electrons. The molecule has 2 N–H and O–H groups in total. The number of anilines is 1. The monoisotopic (exact) mass is 450 g/mol. The largest absolute Gasteiger partial charge is 0.376 e. The van der Waals surface area contributed by atoms with Crippen molar-refractivity contribution >= 4 is 23.5 Å². The number of nitrogens with one attached hydrogen (secondary N) is 2. The Morgan fingerprint density at radius 2 is 2.12 bits per heavy atom. The molecule has 3 heterocycles. The summed E-state index contributed by atoms with van der Waals surface area (Å²) in [6, 6.07) is 10.2. The van der Waals surface area contributed by atoms with Crippen molar-refractivity contribution in [1.29, 1.82) is 5.26 Å². The Morgan fingerprint density at radius 3 is 2.81 bits per heavy atom. The highest BCUT2D eigenvalue weighted by Gasteiger charge is 2.24. The summed E-state index contributed by atoms with van der Waals surface area (Å²) in [7, 11) is 0. The smallest absolute Gasteiger partial charge is 0.235 e. The van der Waals surface area contributed by atoms with Crippen molar-refractivity contribution in [3.8, 4) is 17.5 Å². The van der Waals surface area contributed by atoms with Gasteiger partial charge >= 0.3 is 0 Å². The molecule has 1 saturated heterocycles. The zero-order valence-corrected chi connectivity index (χ0v) is 19.3. The summed E-state index contributed by atoms with van der Waals surface area (Å²) >= 11 is 1.25. The maximum Gasteiger partial charge on any atom is 0.235 e. The van der Waals surface area contributed by atoms with E-state index in [4.69, 9.17) is 4.74 Å². The van der Waals surface area contributed by atoms with Crippen molar-refractivity contribution in [3.05, 3.63) is 46.6 Å². The summed E-state index contributed by atoms with van der Waals surface area (Å²) in [5, 5.41) is 20.2. The van der Waals surface area contributed by atoms with Gasteiger partial charge in [-0.25, -0.2) is 4.98 Å². The Bertz CT molecular complexity index is 1150. The van der Waals surface area contributed by atoms with Crippen LogP contribution >= 0.6 is 11.8 Å². The van der Waals surface area contributed by atoms with Gasteiger partial charge in [-0.05, 0) is 39.2 Å². The van der Waals surface area contributed by atoms with Gasteiger partial charge in [0.2, 0.25) is 11.1 Å². The zero-order chi connectivity index (χ0) is 22.7. The second-order valence-corrected chi connectivity index (χ2v) is 8.90. The van der Waals surface area contributed by atoms with Crippen LogP contribution in [0.25, 0.3) is 11.4 Å². The number of benzene rings is 1. The minimum atomic E-state index is -0.209. The lowest BCUT2D eigenvalue weighted by atomic mass is 10.1. The van der Waals surface area contributed by atoms with Crippen LogP contribution in [0, 0.1) is 32.1 Å². The number of carbonyl (C=O) groups excluding carboxylic acids is 1. The molecule has 32 heavy (non-hydrogen) atoms. The van der Waals surface area contributed by atoms with Gasteiger partial charge < -0.3 is 14.6 Å². The minimum absolute atomic E-state index is 0.102. The fourth-order valence-corrected chi connectivity index (χ4v) is 4.40. The highest BCUT2D eigenvalue weighted by molar-refractivity contribution is 7.99. The van der Waals surface area contributed by atoms with E-state index < -0.39 is 0 Å². The SMILES string of the molecule is Cc1ccc(-c2nc(SCC(=O)Nc3c(C#N)c(C)c(C)n3CC3CCCO3)n[nH]2)cc1. The van der Waals surface area contributed by atoms with Crippen LogP contribution < -0.4 is 5.32 Å². The van der Waals surface area contributed by atoms with Crippen LogP contribution in [0.3, 0.4) is 0 Å². The number of hydrogen-bond acceptors (Lipinski definition) is 6. The van der Waals surface area contributed by atoms with Crippen LogP contribution in [-0.4, -0.2) is 44.1 Å². The van der Waals surface area contributed by atoms with Crippen LogP contribution in [0.1, 0.15) is 35.2 Å². The quantitative estimate of drug-likeness (QED) is 0.527. The number of carbonyl (C=O) groups is 1. The van der Waals surface area contributed by atoms with Crippen molar-refractivity contribution in [2.24, 2.45) is 0 Å². The maximum atomic E-state index is 12.7. The van der Waals surface area contributed by atoms with Crippen molar-refractivity contribution in [2.75, 3.05) is 17.7 Å². The van der Waals surface area contributed by atoms with Crippen molar-refractivity contribution in [3.63, 3.8) is 0 Å². The first-order valence-electron chi connectivity index (χ1n) is 10.6. The van der Waals surface area contributed by atoms with Crippen molar-refractivity contribution < 1.29 is 9.53 Å². The highest BCUT2D eigenvalue weighted by Crippen LogP contribution is 2.29. The molecule has 1 aliphatic rings. The van der Waals surface area contributed by atoms with Crippen LogP contribution in [0.15, 0.2) is 29.4 Å². The second-order valence-electron chi connectivity index (χ2n) is 7.96. The van der Waals surface area contributed by atoms with Gasteiger partial charge in [0.15, 0.2) is 5.82 Å². The molecule has 1 aliphatic heterocycles. The molecule has 9 heteroatoms. The lowest BCUT2D eigenvalue weighted by molar-refractivity contribution is -0.113. The Labute approximate surface area is 191 Å². The van der Waals surface area contributed by atoms with E-state index in [0.717, 1.165) is 36.3 Å². The molecule has 0 spiro atoms. The number of amides is 1. The molecule has 0 bridgehead atoms. The molecule has 8 nitrogen and oxygen atoms in total. The van der Waals surface area contributed by atoms with Gasteiger partial charge in [-0.1, -0.05) is 41.6 Å². The summed E-state index contributed by atoms with van der Waals surface area (Å²) in [4.78, 5) is 17.2. The van der Waals surface area contributed by atoms with Gasteiger partial charge in [-0.15, -0.1) is 5.10 Å². The molecule has 1 unspecified atom stereocenters. The fourth-order valence-electron chi connectivity index (χ4n) is 3.80. The van der Waals surface area contributed by atoms with Gasteiger partial charge in [0, 0.05) is 17.9 Å². The summed E-state index contributed by atoms with van der Waals surface area (Å²) in [5.41, 5.74) is 4.46. The van der Waals surface area contributed by atoms with Crippen LogP contribution in [0.4, 0.5) is 5.82 Å². The summed E-state index contributed by atoms with van der Waals surface area (Å²) in [6.07, 6.45) is 2.12. The third kappa shape index (κ3) is 4.71. The molecule has 1 amide bonds. The van der Waals surface area contributed by atoms with Gasteiger partial charge in [-0.3, -0.25) is 9.89 Å². The fraction of sp³-hybridized carbons (Fsp3) is 0.391. The Kier molecular flexibility index (Phi) is 6.63. The topological polar surface area (TPSA) is 109 Å². The number of rotatable bonds is 7. The molecule has 1 aromatic carbocycles. The number of H-pyrrole nitrogens is 1. The van der Waals surface area contributed by atoms with Crippen molar-refractivity contribution in [1.82, 2.24) is 19.7 Å². The Balaban J connectivity index is 1.43. The number of aromatic amines is 1. The molecule has 0 saturated carbocycles. The van der Waals surface area contributed by atoms with E-state index in [1.165, 1.54) is 17.3 Å². The summed E-state index contributed by atoms with van der Waals surface area (Å²) in [6.45, 7) is 7.29. The molecular formula is C23H26N6O2S. The van der Waals surface area contributed by atoms with Gasteiger partial charge in [-0.2, -0.15) is 5.26 Å². The molecule has 2 aromatic heterocycles. The summed E-state index contributed by atoms with van der Waals surface area (Å²) in [5.74, 6) is 1.13. The van der Waals surface area contributed by atoms with E-state index in [9.17, 15) is 10.1 Å². The average Bonchev–Trinajstić information content (AvgIpc) is 3.51.